The summed E-state index contributed by atoms with van der Waals surface area (Å²) in [6.07, 6.45) is -3.19. The highest BCUT2D eigenvalue weighted by atomic mass is 35.5. The number of rotatable bonds is 5. The van der Waals surface area contributed by atoms with Crippen molar-refractivity contribution in [1.82, 2.24) is 10.2 Å². The molecule has 2 fully saturated rings. The van der Waals surface area contributed by atoms with Gasteiger partial charge in [0.25, 0.3) is 5.91 Å². The summed E-state index contributed by atoms with van der Waals surface area (Å²) in [5.41, 5.74) is 0. The van der Waals surface area contributed by atoms with Crippen molar-refractivity contribution in [1.29, 1.82) is 0 Å². The number of halogens is 1. The molecular formula is C13H21ClN2O6. The Hall–Kier alpha value is -0.930. The van der Waals surface area contributed by atoms with E-state index in [9.17, 15) is 14.7 Å². The third-order valence-electron chi connectivity index (χ3n) is 4.01. The smallest absolute Gasteiger partial charge is 0.328 e. The fourth-order valence-electron chi connectivity index (χ4n) is 2.74. The minimum Gasteiger partial charge on any atom is -0.394 e. The molecule has 126 valence electrons. The number of ether oxygens (including phenoxy) is 2. The highest BCUT2D eigenvalue weighted by molar-refractivity contribution is 6.37. The van der Waals surface area contributed by atoms with Crippen LogP contribution in [0.3, 0.4) is 0 Å². The lowest BCUT2D eigenvalue weighted by atomic mass is 9.98. The van der Waals surface area contributed by atoms with Gasteiger partial charge in [0, 0.05) is 13.0 Å². The second-order valence-corrected chi connectivity index (χ2v) is 5.98. The van der Waals surface area contributed by atoms with Crippen LogP contribution in [0.4, 0.5) is 4.79 Å². The van der Waals surface area contributed by atoms with Gasteiger partial charge in [0.2, 0.25) is 0 Å². The molecule has 0 unspecified atom stereocenters. The Morgan fingerprint density at radius 3 is 2.68 bits per heavy atom. The van der Waals surface area contributed by atoms with Gasteiger partial charge in [-0.2, -0.15) is 0 Å². The molecule has 3 N–H and O–H groups in total. The molecule has 9 heteroatoms. The van der Waals surface area contributed by atoms with Crippen molar-refractivity contribution in [2.75, 3.05) is 13.2 Å². The summed E-state index contributed by atoms with van der Waals surface area (Å²) in [7, 11) is 0. The number of nitrogens with zero attached hydrogens (tertiary/aromatic N) is 1. The molecule has 22 heavy (non-hydrogen) atoms. The van der Waals surface area contributed by atoms with E-state index < -0.39 is 41.5 Å². The van der Waals surface area contributed by atoms with Gasteiger partial charge < -0.3 is 19.7 Å². The molecule has 0 aromatic heterocycles. The first-order chi connectivity index (χ1) is 10.4. The molecule has 2 rings (SSSR count). The van der Waals surface area contributed by atoms with E-state index in [-0.39, 0.29) is 26.1 Å². The van der Waals surface area contributed by atoms with Crippen molar-refractivity contribution >= 4 is 23.5 Å². The van der Waals surface area contributed by atoms with Crippen molar-refractivity contribution in [2.24, 2.45) is 0 Å². The molecule has 2 saturated heterocycles. The molecule has 0 aliphatic carbocycles. The maximum absolute atomic E-state index is 12.2. The van der Waals surface area contributed by atoms with Crippen LogP contribution in [0.2, 0.25) is 0 Å². The highest BCUT2D eigenvalue weighted by Crippen LogP contribution is 2.36. The van der Waals surface area contributed by atoms with Gasteiger partial charge in [0.15, 0.2) is 11.1 Å². The van der Waals surface area contributed by atoms with Crippen molar-refractivity contribution in [3.05, 3.63) is 0 Å². The number of hydrogen-bond donors (Lipinski definition) is 3. The zero-order valence-electron chi connectivity index (χ0n) is 12.5. The quantitative estimate of drug-likeness (QED) is 0.598. The first-order valence-electron chi connectivity index (χ1n) is 7.27. The Kier molecular flexibility index (Phi) is 5.29. The lowest BCUT2D eigenvalue weighted by molar-refractivity contribution is -0.162. The summed E-state index contributed by atoms with van der Waals surface area (Å²) in [5, 5.41) is 21.2. The van der Waals surface area contributed by atoms with E-state index in [0.717, 1.165) is 0 Å². The number of aliphatic hydroxyl groups is 2. The number of imide groups is 1. The Labute approximate surface area is 133 Å². The van der Waals surface area contributed by atoms with Gasteiger partial charge in [-0.25, -0.2) is 4.79 Å². The molecule has 8 nitrogen and oxygen atoms in total. The van der Waals surface area contributed by atoms with Crippen LogP contribution >= 0.6 is 11.6 Å². The van der Waals surface area contributed by atoms with Crippen molar-refractivity contribution in [3.63, 3.8) is 0 Å². The van der Waals surface area contributed by atoms with Crippen LogP contribution in [0.1, 0.15) is 26.7 Å². The normalized spacial score (nSPS) is 39.2. The summed E-state index contributed by atoms with van der Waals surface area (Å²) in [6.45, 7) is 3.32. The summed E-state index contributed by atoms with van der Waals surface area (Å²) in [6, 6.07) is -0.691. The maximum atomic E-state index is 12.2. The van der Waals surface area contributed by atoms with Gasteiger partial charge in [-0.3, -0.25) is 15.0 Å². The number of urea groups is 1. The van der Waals surface area contributed by atoms with Crippen molar-refractivity contribution < 1.29 is 29.3 Å². The van der Waals surface area contributed by atoms with E-state index >= 15 is 0 Å². The average molecular weight is 337 g/mol. The van der Waals surface area contributed by atoms with E-state index in [1.54, 1.807) is 13.8 Å². The molecule has 0 radical (unpaired) electrons. The number of carbonyl (C=O) groups excluding carboxylic acids is 2. The third kappa shape index (κ3) is 2.81. The van der Waals surface area contributed by atoms with E-state index in [1.165, 1.54) is 4.90 Å². The van der Waals surface area contributed by atoms with Gasteiger partial charge in [-0.1, -0.05) is 6.92 Å². The van der Waals surface area contributed by atoms with Gasteiger partial charge in [-0.05, 0) is 13.3 Å². The maximum Gasteiger partial charge on any atom is 0.328 e. The first-order valence-corrected chi connectivity index (χ1v) is 7.65. The monoisotopic (exact) mass is 336 g/mol. The van der Waals surface area contributed by atoms with Crippen LogP contribution in [0.25, 0.3) is 0 Å². The number of amides is 3. The minimum absolute atomic E-state index is 0.104. The van der Waals surface area contributed by atoms with E-state index in [0.29, 0.717) is 0 Å². The molecule has 0 aromatic rings. The van der Waals surface area contributed by atoms with Gasteiger partial charge in [-0.15, -0.1) is 11.6 Å². The van der Waals surface area contributed by atoms with Crippen molar-refractivity contribution in [3.8, 4) is 0 Å². The Balaban J connectivity index is 2.30. The predicted octanol–water partition coefficient (Wildman–Crippen LogP) is -0.243. The van der Waals surface area contributed by atoms with Crippen LogP contribution in [0.5, 0.6) is 0 Å². The van der Waals surface area contributed by atoms with Crippen LogP contribution in [-0.4, -0.2) is 69.8 Å². The molecule has 2 heterocycles. The summed E-state index contributed by atoms with van der Waals surface area (Å²) in [4.78, 5) is 24.1. The van der Waals surface area contributed by atoms with E-state index in [1.807, 2.05) is 0 Å². The van der Waals surface area contributed by atoms with Crippen LogP contribution in [0.15, 0.2) is 0 Å². The second kappa shape index (κ2) is 6.67. The molecule has 0 saturated carbocycles. The summed E-state index contributed by atoms with van der Waals surface area (Å²) < 4.78 is 11.0. The minimum atomic E-state index is -1.43. The molecule has 3 amide bonds. The zero-order chi connectivity index (χ0) is 16.5. The van der Waals surface area contributed by atoms with E-state index in [4.69, 9.17) is 26.2 Å². The van der Waals surface area contributed by atoms with Gasteiger partial charge >= 0.3 is 6.03 Å². The molecule has 0 aromatic carbocycles. The SMILES string of the molecule is CCO[C@H]1N([C@H]2C[C@H](O)[C@@H](CO)O2)C(=O)NC(=O)[C@@]1(Cl)CC. The summed E-state index contributed by atoms with van der Waals surface area (Å²) in [5.74, 6) is -0.617. The number of alkyl halides is 1. The molecule has 2 aliphatic heterocycles. The Morgan fingerprint density at radius 1 is 1.50 bits per heavy atom. The topological polar surface area (TPSA) is 108 Å². The average Bonchev–Trinajstić information content (AvgIpc) is 2.85. The molecule has 0 spiro atoms. The van der Waals surface area contributed by atoms with E-state index in [2.05, 4.69) is 5.32 Å². The molecule has 2 aliphatic rings. The first kappa shape index (κ1) is 17.4. The third-order valence-corrected chi connectivity index (χ3v) is 4.64. The van der Waals surface area contributed by atoms with Crippen LogP contribution < -0.4 is 5.32 Å². The Bertz CT molecular complexity index is 450. The van der Waals surface area contributed by atoms with Crippen LogP contribution in [0, 0.1) is 0 Å². The zero-order valence-corrected chi connectivity index (χ0v) is 13.2. The largest absolute Gasteiger partial charge is 0.394 e. The molecular weight excluding hydrogens is 316 g/mol. The Morgan fingerprint density at radius 2 is 2.18 bits per heavy atom. The number of carbonyl (C=O) groups is 2. The van der Waals surface area contributed by atoms with Crippen molar-refractivity contribution in [2.45, 2.75) is 56.2 Å². The lowest BCUT2D eigenvalue weighted by Gasteiger charge is -2.46. The predicted molar refractivity (Wildman–Crippen MR) is 76.0 cm³/mol. The number of hydrogen-bond acceptors (Lipinski definition) is 6. The molecule has 0 bridgehead atoms. The fourth-order valence-corrected chi connectivity index (χ4v) is 2.96. The standard InChI is InChI=1S/C13H21ClN2O6/c1-3-13(14)10(19)15-12(20)16(11(13)21-4-2)9-5-7(18)8(6-17)22-9/h7-9,11,17-18H,3-6H2,1-2H3,(H,15,19,20)/t7-,8+,9+,11+,13-/m0/s1. The van der Waals surface area contributed by atoms with Gasteiger partial charge in [0.1, 0.15) is 12.3 Å². The number of aliphatic hydroxyl groups excluding tert-OH is 2. The lowest BCUT2D eigenvalue weighted by Crippen LogP contribution is -2.70. The fraction of sp³-hybridized carbons (Fsp3) is 0.846. The van der Waals surface area contributed by atoms with Crippen LogP contribution in [-0.2, 0) is 14.3 Å². The van der Waals surface area contributed by atoms with Gasteiger partial charge in [0.05, 0.1) is 12.7 Å². The number of nitrogens with one attached hydrogen (secondary N) is 1. The molecule has 5 atom stereocenters. The second-order valence-electron chi connectivity index (χ2n) is 5.31. The summed E-state index contributed by atoms with van der Waals surface area (Å²) >= 11 is 6.40. The highest BCUT2D eigenvalue weighted by Gasteiger charge is 2.56.